The van der Waals surface area contributed by atoms with Crippen LogP contribution in [0.5, 0.6) is 0 Å². The minimum absolute atomic E-state index is 0.530. The van der Waals surface area contributed by atoms with Crippen LogP contribution in [0.4, 0.5) is 0 Å². The van der Waals surface area contributed by atoms with E-state index in [1.54, 1.807) is 0 Å². The van der Waals surface area contributed by atoms with Crippen molar-refractivity contribution in [3.63, 3.8) is 0 Å². The van der Waals surface area contributed by atoms with Crippen molar-refractivity contribution in [1.82, 2.24) is 10.2 Å². The Morgan fingerprint density at radius 1 is 1.18 bits per heavy atom. The Bertz CT molecular complexity index is 210. The first kappa shape index (κ1) is 13.3. The first-order chi connectivity index (χ1) is 8.31. The van der Waals surface area contributed by atoms with E-state index in [4.69, 9.17) is 4.74 Å². The molecule has 0 saturated carbocycles. The molecule has 3 heteroatoms. The molecule has 2 aliphatic heterocycles. The second-order valence-electron chi connectivity index (χ2n) is 5.62. The summed E-state index contributed by atoms with van der Waals surface area (Å²) in [6.45, 7) is 9.20. The van der Waals surface area contributed by atoms with Crippen molar-refractivity contribution in [2.24, 2.45) is 0 Å². The van der Waals surface area contributed by atoms with Crippen molar-refractivity contribution >= 4 is 0 Å². The molecule has 3 nitrogen and oxygen atoms in total. The zero-order valence-electron chi connectivity index (χ0n) is 11.5. The van der Waals surface area contributed by atoms with E-state index in [-0.39, 0.29) is 0 Å². The van der Waals surface area contributed by atoms with Crippen LogP contribution >= 0.6 is 0 Å². The summed E-state index contributed by atoms with van der Waals surface area (Å²) >= 11 is 0. The topological polar surface area (TPSA) is 24.5 Å². The number of nitrogens with zero attached hydrogens (tertiary/aromatic N) is 1. The Balaban J connectivity index is 1.76. The van der Waals surface area contributed by atoms with Gasteiger partial charge in [-0.25, -0.2) is 0 Å². The van der Waals surface area contributed by atoms with Crippen molar-refractivity contribution in [2.75, 3.05) is 26.2 Å². The molecule has 2 heterocycles. The molecule has 2 fully saturated rings. The highest BCUT2D eigenvalue weighted by molar-refractivity contribution is 4.86. The molecule has 2 bridgehead atoms. The quantitative estimate of drug-likeness (QED) is 0.737. The Morgan fingerprint density at radius 2 is 1.88 bits per heavy atom. The summed E-state index contributed by atoms with van der Waals surface area (Å²) < 4.78 is 5.89. The summed E-state index contributed by atoms with van der Waals surface area (Å²) in [5.74, 6) is 0. The van der Waals surface area contributed by atoms with Crippen LogP contribution in [0.2, 0.25) is 0 Å². The number of morpholine rings is 1. The summed E-state index contributed by atoms with van der Waals surface area (Å²) in [6, 6.07) is 0.678. The number of likely N-dealkylation sites (tertiary alicyclic amines) is 1. The summed E-state index contributed by atoms with van der Waals surface area (Å²) in [7, 11) is 0. The van der Waals surface area contributed by atoms with Crippen LogP contribution in [-0.2, 0) is 4.74 Å². The summed E-state index contributed by atoms with van der Waals surface area (Å²) in [6.07, 6.45) is 7.42. The third kappa shape index (κ3) is 3.94. The summed E-state index contributed by atoms with van der Waals surface area (Å²) in [4.78, 5) is 2.62. The molecular formula is C14H28N2O. The number of fused-ring (bicyclic) bond motifs is 2. The second-order valence-corrected chi connectivity index (χ2v) is 5.62. The average molecular weight is 240 g/mol. The Labute approximate surface area is 106 Å². The third-order valence-corrected chi connectivity index (χ3v) is 3.92. The van der Waals surface area contributed by atoms with Gasteiger partial charge >= 0.3 is 0 Å². The van der Waals surface area contributed by atoms with E-state index in [2.05, 4.69) is 24.1 Å². The summed E-state index contributed by atoms with van der Waals surface area (Å²) in [5, 5.41) is 3.69. The third-order valence-electron chi connectivity index (χ3n) is 3.92. The normalized spacial score (nSPS) is 30.7. The van der Waals surface area contributed by atoms with Crippen LogP contribution in [0, 0.1) is 0 Å². The van der Waals surface area contributed by atoms with Gasteiger partial charge in [0.15, 0.2) is 0 Å². The maximum absolute atomic E-state index is 5.89. The van der Waals surface area contributed by atoms with Crippen LogP contribution in [0.25, 0.3) is 0 Å². The fraction of sp³-hybridized carbons (Fsp3) is 1.00. The lowest BCUT2D eigenvalue weighted by Crippen LogP contribution is -2.48. The van der Waals surface area contributed by atoms with E-state index in [1.807, 2.05) is 0 Å². The van der Waals surface area contributed by atoms with Gasteiger partial charge < -0.3 is 10.1 Å². The molecule has 3 atom stereocenters. The van der Waals surface area contributed by atoms with E-state index >= 15 is 0 Å². The monoisotopic (exact) mass is 240 g/mol. The SMILES string of the molecule is CCCNC(CCC)CN1CC2CCC(C1)O2. The molecule has 2 aliphatic rings. The number of rotatable bonds is 7. The molecule has 0 aromatic heterocycles. The number of nitrogens with one attached hydrogen (secondary N) is 1. The van der Waals surface area contributed by atoms with Crippen LogP contribution in [0.1, 0.15) is 46.0 Å². The molecule has 1 N–H and O–H groups in total. The van der Waals surface area contributed by atoms with Gasteiger partial charge in [-0.2, -0.15) is 0 Å². The largest absolute Gasteiger partial charge is 0.372 e. The van der Waals surface area contributed by atoms with Crippen molar-refractivity contribution in [2.45, 2.75) is 64.2 Å². The molecule has 2 saturated heterocycles. The van der Waals surface area contributed by atoms with E-state index in [0.29, 0.717) is 18.2 Å². The fourth-order valence-electron chi connectivity index (χ4n) is 3.11. The second kappa shape index (κ2) is 6.72. The van der Waals surface area contributed by atoms with Crippen molar-refractivity contribution in [3.05, 3.63) is 0 Å². The molecule has 2 rings (SSSR count). The maximum Gasteiger partial charge on any atom is 0.0707 e. The van der Waals surface area contributed by atoms with Crippen LogP contribution in [0.15, 0.2) is 0 Å². The molecule has 3 unspecified atom stereocenters. The summed E-state index contributed by atoms with van der Waals surface area (Å²) in [5.41, 5.74) is 0. The van der Waals surface area contributed by atoms with Gasteiger partial charge in [0.05, 0.1) is 12.2 Å². The molecule has 0 radical (unpaired) electrons. The number of ether oxygens (including phenoxy) is 1. The van der Waals surface area contributed by atoms with Crippen LogP contribution < -0.4 is 5.32 Å². The lowest BCUT2D eigenvalue weighted by Gasteiger charge is -2.34. The first-order valence-electron chi connectivity index (χ1n) is 7.43. The number of hydrogen-bond donors (Lipinski definition) is 1. The smallest absolute Gasteiger partial charge is 0.0707 e. The predicted octanol–water partition coefficient (Wildman–Crippen LogP) is 2.02. The van der Waals surface area contributed by atoms with Crippen LogP contribution in [-0.4, -0.2) is 49.3 Å². The maximum atomic E-state index is 5.89. The minimum atomic E-state index is 0.530. The highest BCUT2D eigenvalue weighted by atomic mass is 16.5. The van der Waals surface area contributed by atoms with E-state index in [1.165, 1.54) is 38.6 Å². The molecular weight excluding hydrogens is 212 g/mol. The van der Waals surface area contributed by atoms with Gasteiger partial charge in [-0.1, -0.05) is 20.3 Å². The zero-order chi connectivity index (χ0) is 12.1. The van der Waals surface area contributed by atoms with Gasteiger partial charge in [-0.05, 0) is 32.2 Å². The van der Waals surface area contributed by atoms with E-state index in [9.17, 15) is 0 Å². The van der Waals surface area contributed by atoms with Gasteiger partial charge in [0, 0.05) is 25.7 Å². The molecule has 0 aromatic rings. The fourth-order valence-corrected chi connectivity index (χ4v) is 3.11. The molecule has 17 heavy (non-hydrogen) atoms. The van der Waals surface area contributed by atoms with Gasteiger partial charge in [-0.15, -0.1) is 0 Å². The highest BCUT2D eigenvalue weighted by Gasteiger charge is 2.34. The van der Waals surface area contributed by atoms with Gasteiger partial charge in [-0.3, -0.25) is 4.90 Å². The molecule has 100 valence electrons. The van der Waals surface area contributed by atoms with Gasteiger partial charge in [0.25, 0.3) is 0 Å². The minimum Gasteiger partial charge on any atom is -0.372 e. The Morgan fingerprint density at radius 3 is 2.47 bits per heavy atom. The van der Waals surface area contributed by atoms with Gasteiger partial charge in [0.1, 0.15) is 0 Å². The molecule has 0 aliphatic carbocycles. The first-order valence-corrected chi connectivity index (χ1v) is 7.43. The molecule has 0 amide bonds. The lowest BCUT2D eigenvalue weighted by molar-refractivity contribution is -0.0408. The Kier molecular flexibility index (Phi) is 5.26. The van der Waals surface area contributed by atoms with Crippen LogP contribution in [0.3, 0.4) is 0 Å². The molecule has 0 aromatic carbocycles. The van der Waals surface area contributed by atoms with E-state index in [0.717, 1.165) is 19.6 Å². The molecule has 0 spiro atoms. The van der Waals surface area contributed by atoms with Crippen molar-refractivity contribution in [3.8, 4) is 0 Å². The highest BCUT2D eigenvalue weighted by Crippen LogP contribution is 2.26. The lowest BCUT2D eigenvalue weighted by atomic mass is 10.1. The van der Waals surface area contributed by atoms with Crippen molar-refractivity contribution < 1.29 is 4.74 Å². The Hall–Kier alpha value is -0.120. The average Bonchev–Trinajstić information content (AvgIpc) is 2.66. The van der Waals surface area contributed by atoms with E-state index < -0.39 is 0 Å². The van der Waals surface area contributed by atoms with Crippen molar-refractivity contribution in [1.29, 1.82) is 0 Å². The zero-order valence-corrected chi connectivity index (χ0v) is 11.5. The number of hydrogen-bond acceptors (Lipinski definition) is 3. The standard InChI is InChI=1S/C14H28N2O/c1-3-5-12(15-8-4-2)9-16-10-13-6-7-14(11-16)17-13/h12-15H,3-11H2,1-2H3. The predicted molar refractivity (Wildman–Crippen MR) is 71.3 cm³/mol. The van der Waals surface area contributed by atoms with Gasteiger partial charge in [0.2, 0.25) is 0 Å².